The van der Waals surface area contributed by atoms with E-state index in [1.54, 1.807) is 6.92 Å². The first-order valence-electron chi connectivity index (χ1n) is 6.66. The molecule has 1 fully saturated rings. The van der Waals surface area contributed by atoms with Crippen molar-refractivity contribution in [2.75, 3.05) is 6.61 Å². The van der Waals surface area contributed by atoms with Crippen LogP contribution < -0.4 is 5.73 Å². The number of nitrogens with two attached hydrogens (primary N) is 1. The van der Waals surface area contributed by atoms with E-state index >= 15 is 0 Å². The lowest BCUT2D eigenvalue weighted by molar-refractivity contribution is -0.129. The summed E-state index contributed by atoms with van der Waals surface area (Å²) in [5.41, 5.74) is 2.93. The molecule has 1 aliphatic rings. The second-order valence-corrected chi connectivity index (χ2v) is 5.49. The van der Waals surface area contributed by atoms with Crippen molar-refractivity contribution in [2.24, 2.45) is 10.7 Å². The number of epoxide rings is 1. The first-order valence-corrected chi connectivity index (χ1v) is 6.66. The van der Waals surface area contributed by atoms with Gasteiger partial charge in [-0.05, 0) is 13.3 Å². The number of amides is 1. The molecule has 1 aliphatic heterocycles. The number of hydrogen-bond acceptors (Lipinski definition) is 5. The van der Waals surface area contributed by atoms with Gasteiger partial charge in [0.05, 0.1) is 12.2 Å². The average Bonchev–Trinajstić information content (AvgIpc) is 3.02. The topological polar surface area (TPSA) is 126 Å². The maximum Gasteiger partial charge on any atom is 0.349 e. The molecule has 4 N–H and O–H groups in total. The van der Waals surface area contributed by atoms with Crippen molar-refractivity contribution in [1.29, 1.82) is 0 Å². The van der Waals surface area contributed by atoms with E-state index in [2.05, 4.69) is 4.99 Å². The van der Waals surface area contributed by atoms with Gasteiger partial charge in [-0.15, -0.1) is 0 Å². The van der Waals surface area contributed by atoms with Crippen molar-refractivity contribution in [3.05, 3.63) is 0 Å². The third kappa shape index (κ3) is 5.26. The highest BCUT2D eigenvalue weighted by atomic mass is 16.6. The van der Waals surface area contributed by atoms with Crippen LogP contribution in [-0.4, -0.2) is 45.7 Å². The van der Waals surface area contributed by atoms with Gasteiger partial charge in [-0.2, -0.15) is 0 Å². The third-order valence-electron chi connectivity index (χ3n) is 3.12. The number of hydrogen-bond donors (Lipinski definition) is 3. The number of primary amides is 1. The van der Waals surface area contributed by atoms with E-state index < -0.39 is 23.2 Å². The van der Waals surface area contributed by atoms with E-state index in [-0.39, 0.29) is 31.6 Å². The van der Waals surface area contributed by atoms with E-state index in [1.807, 2.05) is 6.92 Å². The summed E-state index contributed by atoms with van der Waals surface area (Å²) in [6.07, 6.45) is 1.51. The van der Waals surface area contributed by atoms with Crippen molar-refractivity contribution in [1.82, 2.24) is 0 Å². The predicted octanol–water partition coefficient (Wildman–Crippen LogP) is 0.445. The molecule has 0 spiro atoms. The van der Waals surface area contributed by atoms with E-state index in [0.29, 0.717) is 6.42 Å². The van der Waals surface area contributed by atoms with Crippen LogP contribution in [-0.2, 0) is 14.3 Å². The SMILES string of the molecule is CCCC(C)(O)CC1(N=C(CCC(N)=O)C(=O)O)CO1. The molecule has 1 saturated heterocycles. The van der Waals surface area contributed by atoms with Crippen LogP contribution >= 0.6 is 0 Å². The minimum Gasteiger partial charge on any atom is -0.477 e. The fourth-order valence-electron chi connectivity index (χ4n) is 2.21. The number of aliphatic hydroxyl groups is 1. The van der Waals surface area contributed by atoms with Gasteiger partial charge >= 0.3 is 5.97 Å². The van der Waals surface area contributed by atoms with Crippen LogP contribution in [0.25, 0.3) is 0 Å². The molecule has 0 saturated carbocycles. The van der Waals surface area contributed by atoms with E-state index in [9.17, 15) is 14.7 Å². The number of ether oxygens (including phenoxy) is 1. The Morgan fingerprint density at radius 2 is 2.05 bits per heavy atom. The summed E-state index contributed by atoms with van der Waals surface area (Å²) in [5, 5.41) is 19.3. The second-order valence-electron chi connectivity index (χ2n) is 5.49. The molecule has 1 rings (SSSR count). The molecule has 7 heteroatoms. The van der Waals surface area contributed by atoms with Gasteiger partial charge in [-0.3, -0.25) is 4.79 Å². The molecular formula is C13H22N2O5. The van der Waals surface area contributed by atoms with Gasteiger partial charge in [-0.25, -0.2) is 9.79 Å². The number of nitrogens with zero attached hydrogens (tertiary/aromatic N) is 1. The van der Waals surface area contributed by atoms with Crippen LogP contribution in [0, 0.1) is 0 Å². The number of rotatable bonds is 9. The summed E-state index contributed by atoms with van der Waals surface area (Å²) in [4.78, 5) is 25.9. The Hall–Kier alpha value is -1.47. The lowest BCUT2D eigenvalue weighted by atomic mass is 9.92. The summed E-state index contributed by atoms with van der Waals surface area (Å²) in [6, 6.07) is 0. The average molecular weight is 286 g/mol. The summed E-state index contributed by atoms with van der Waals surface area (Å²) in [7, 11) is 0. The monoisotopic (exact) mass is 286 g/mol. The molecule has 0 aliphatic carbocycles. The van der Waals surface area contributed by atoms with Gasteiger partial charge in [0, 0.05) is 19.3 Å². The maximum atomic E-state index is 11.1. The Morgan fingerprint density at radius 1 is 1.45 bits per heavy atom. The van der Waals surface area contributed by atoms with Crippen molar-refractivity contribution < 1.29 is 24.5 Å². The van der Waals surface area contributed by atoms with Crippen LogP contribution in [0.4, 0.5) is 0 Å². The van der Waals surface area contributed by atoms with Crippen LogP contribution in [0.15, 0.2) is 4.99 Å². The molecule has 1 heterocycles. The summed E-state index contributed by atoms with van der Waals surface area (Å²) in [5.74, 6) is -1.78. The molecule has 0 aromatic heterocycles. The normalized spacial score (nSPS) is 25.1. The quantitative estimate of drug-likeness (QED) is 0.419. The van der Waals surface area contributed by atoms with Crippen molar-refractivity contribution >= 4 is 17.6 Å². The van der Waals surface area contributed by atoms with Crippen LogP contribution in [0.1, 0.15) is 46.0 Å². The Balaban J connectivity index is 2.77. The van der Waals surface area contributed by atoms with Crippen molar-refractivity contribution in [2.45, 2.75) is 57.3 Å². The zero-order chi connectivity index (χ0) is 15.4. The predicted molar refractivity (Wildman–Crippen MR) is 72.3 cm³/mol. The Labute approximate surface area is 117 Å². The van der Waals surface area contributed by atoms with Crippen LogP contribution in [0.3, 0.4) is 0 Å². The molecule has 2 atom stereocenters. The number of carboxylic acids is 1. The highest BCUT2D eigenvalue weighted by molar-refractivity contribution is 6.36. The van der Waals surface area contributed by atoms with Crippen LogP contribution in [0.2, 0.25) is 0 Å². The van der Waals surface area contributed by atoms with Gasteiger partial charge in [0.1, 0.15) is 5.71 Å². The lowest BCUT2D eigenvalue weighted by Gasteiger charge is -2.24. The van der Waals surface area contributed by atoms with Gasteiger partial charge in [-0.1, -0.05) is 13.3 Å². The Kier molecular flexibility index (Phi) is 5.24. The molecule has 20 heavy (non-hydrogen) atoms. The molecule has 114 valence electrons. The molecule has 7 nitrogen and oxygen atoms in total. The van der Waals surface area contributed by atoms with E-state index in [4.69, 9.17) is 15.6 Å². The maximum absolute atomic E-state index is 11.1. The van der Waals surface area contributed by atoms with Gasteiger partial charge in [0.2, 0.25) is 5.91 Å². The smallest absolute Gasteiger partial charge is 0.349 e. The number of carbonyl (C=O) groups excluding carboxylic acids is 1. The Bertz CT molecular complexity index is 413. The first kappa shape index (κ1) is 16.6. The van der Waals surface area contributed by atoms with Crippen molar-refractivity contribution in [3.63, 3.8) is 0 Å². The number of carboxylic acid groups (broad SMARTS) is 1. The van der Waals surface area contributed by atoms with Gasteiger partial charge in [0.25, 0.3) is 0 Å². The lowest BCUT2D eigenvalue weighted by Crippen LogP contribution is -2.32. The van der Waals surface area contributed by atoms with Gasteiger partial charge in [0.15, 0.2) is 5.72 Å². The molecule has 0 radical (unpaired) electrons. The van der Waals surface area contributed by atoms with E-state index in [0.717, 1.165) is 6.42 Å². The molecule has 0 aromatic carbocycles. The Morgan fingerprint density at radius 3 is 2.45 bits per heavy atom. The molecule has 1 amide bonds. The number of carbonyl (C=O) groups is 2. The summed E-state index contributed by atoms with van der Waals surface area (Å²) in [6.45, 7) is 3.91. The fourth-order valence-corrected chi connectivity index (χ4v) is 2.21. The third-order valence-corrected chi connectivity index (χ3v) is 3.12. The molecule has 0 bridgehead atoms. The highest BCUT2D eigenvalue weighted by Crippen LogP contribution is 2.39. The highest BCUT2D eigenvalue weighted by Gasteiger charge is 2.49. The molecule has 0 aromatic rings. The number of aliphatic carboxylic acids is 1. The number of aliphatic imine (C=N–C) groups is 1. The largest absolute Gasteiger partial charge is 0.477 e. The van der Waals surface area contributed by atoms with E-state index in [1.165, 1.54) is 0 Å². The standard InChI is InChI=1S/C13H22N2O5/c1-3-6-12(2,19)7-13(8-20-13)15-9(11(17)18)4-5-10(14)16/h19H,3-8H2,1-2H3,(H2,14,16)(H,17,18). The second kappa shape index (κ2) is 6.32. The zero-order valence-electron chi connectivity index (χ0n) is 11.9. The zero-order valence-corrected chi connectivity index (χ0v) is 11.9. The minimum atomic E-state index is -1.20. The molecule has 2 unspecified atom stereocenters. The van der Waals surface area contributed by atoms with Crippen LogP contribution in [0.5, 0.6) is 0 Å². The minimum absolute atomic E-state index is 0.0360. The van der Waals surface area contributed by atoms with Crippen molar-refractivity contribution in [3.8, 4) is 0 Å². The first-order chi connectivity index (χ1) is 9.20. The van der Waals surface area contributed by atoms with Gasteiger partial charge < -0.3 is 20.7 Å². The summed E-state index contributed by atoms with van der Waals surface area (Å²) < 4.78 is 5.24. The summed E-state index contributed by atoms with van der Waals surface area (Å²) >= 11 is 0. The molecular weight excluding hydrogens is 264 g/mol. The fraction of sp³-hybridized carbons (Fsp3) is 0.769.